The lowest BCUT2D eigenvalue weighted by Crippen LogP contribution is -2.68. The molecule has 1 aliphatic heterocycles. The zero-order valence-electron chi connectivity index (χ0n) is 16.9. The van der Waals surface area contributed by atoms with Gasteiger partial charge in [0.25, 0.3) is 5.91 Å². The van der Waals surface area contributed by atoms with E-state index in [1.807, 2.05) is 0 Å². The summed E-state index contributed by atoms with van der Waals surface area (Å²) in [7, 11) is 0. The Hall–Kier alpha value is -3.11. The lowest BCUT2D eigenvalue weighted by molar-refractivity contribution is -0.139. The first-order valence-electron chi connectivity index (χ1n) is 9.50. The molecule has 4 N–H and O–H groups in total. The first-order chi connectivity index (χ1) is 14.5. The van der Waals surface area contributed by atoms with Crippen LogP contribution in [0.3, 0.4) is 0 Å². The molecule has 2 aromatic rings. The van der Waals surface area contributed by atoms with E-state index in [1.165, 1.54) is 24.0 Å². The molecule has 0 aliphatic carbocycles. The number of rotatable bonds is 7. The van der Waals surface area contributed by atoms with E-state index in [9.17, 15) is 27.9 Å². The van der Waals surface area contributed by atoms with Gasteiger partial charge in [-0.25, -0.2) is 13.2 Å². The molecule has 1 fully saturated rings. The summed E-state index contributed by atoms with van der Waals surface area (Å²) in [5, 5.41) is 24.4. The fourth-order valence-electron chi connectivity index (χ4n) is 3.23. The van der Waals surface area contributed by atoms with Gasteiger partial charge in [-0.05, 0) is 43.7 Å². The van der Waals surface area contributed by atoms with Crippen molar-refractivity contribution < 1.29 is 33.0 Å². The number of likely N-dealkylation sites (tertiary alicyclic amines) is 1. The number of nitrogens with one attached hydrogen (secondary N) is 2. The molecule has 1 saturated heterocycles. The maximum absolute atomic E-state index is 14.5. The summed E-state index contributed by atoms with van der Waals surface area (Å²) < 4.78 is 42.5. The molecule has 1 atom stereocenters. The minimum atomic E-state index is -1.35. The number of benzene rings is 2. The zero-order valence-corrected chi connectivity index (χ0v) is 16.9. The Morgan fingerprint density at radius 1 is 1.16 bits per heavy atom. The highest BCUT2D eigenvalue weighted by atomic mass is 19.2. The third-order valence-electron chi connectivity index (χ3n) is 5.07. The number of carbonyl (C=O) groups excluding carboxylic acids is 1. The zero-order chi connectivity index (χ0) is 22.9. The van der Waals surface area contributed by atoms with Crippen molar-refractivity contribution in [3.05, 3.63) is 58.9 Å². The fourth-order valence-corrected chi connectivity index (χ4v) is 3.23. The van der Waals surface area contributed by atoms with E-state index in [1.54, 1.807) is 13.0 Å². The van der Waals surface area contributed by atoms with Crippen LogP contribution in [0.4, 0.5) is 24.5 Å². The van der Waals surface area contributed by atoms with Crippen LogP contribution in [0.2, 0.25) is 0 Å². The van der Waals surface area contributed by atoms with Crippen molar-refractivity contribution in [2.24, 2.45) is 0 Å². The first-order valence-corrected chi connectivity index (χ1v) is 9.50. The van der Waals surface area contributed by atoms with Crippen LogP contribution >= 0.6 is 0 Å². The van der Waals surface area contributed by atoms with Gasteiger partial charge in [-0.3, -0.25) is 9.59 Å². The summed E-state index contributed by atoms with van der Waals surface area (Å²) in [5.74, 6) is -5.02. The monoisotopic (exact) mass is 437 g/mol. The Balaban J connectivity index is 1.78. The number of hydrogen-bond acceptors (Lipinski definition) is 5. The van der Waals surface area contributed by atoms with Gasteiger partial charge >= 0.3 is 5.97 Å². The number of amides is 1. The number of carbonyl (C=O) groups is 2. The predicted octanol–water partition coefficient (Wildman–Crippen LogP) is 2.41. The molecule has 3 rings (SSSR count). The van der Waals surface area contributed by atoms with Crippen LogP contribution < -0.4 is 10.6 Å². The second kappa shape index (κ2) is 8.56. The number of anilines is 2. The van der Waals surface area contributed by atoms with E-state index in [0.717, 1.165) is 12.1 Å². The first kappa shape index (κ1) is 22.6. The Labute approximate surface area is 176 Å². The normalized spacial score (nSPS) is 15.9. The Kier molecular flexibility index (Phi) is 6.23. The summed E-state index contributed by atoms with van der Waals surface area (Å²) in [6, 6.07) is 5.12. The average molecular weight is 437 g/mol. The number of β-amino-alcohol motifs (C(OH)–C–C–N with tert-alkyl or cyclic N) is 1. The van der Waals surface area contributed by atoms with Gasteiger partial charge < -0.3 is 25.7 Å². The van der Waals surface area contributed by atoms with Crippen molar-refractivity contribution in [2.45, 2.75) is 25.5 Å². The Bertz CT molecular complexity index is 1030. The molecule has 0 spiro atoms. The van der Waals surface area contributed by atoms with Crippen LogP contribution in [0, 0.1) is 24.4 Å². The van der Waals surface area contributed by atoms with Gasteiger partial charge in [0.2, 0.25) is 0 Å². The van der Waals surface area contributed by atoms with E-state index in [-0.39, 0.29) is 30.9 Å². The second-order valence-corrected chi connectivity index (χ2v) is 7.72. The highest BCUT2D eigenvalue weighted by Crippen LogP contribution is 2.31. The van der Waals surface area contributed by atoms with Crippen molar-refractivity contribution >= 4 is 23.3 Å². The number of aliphatic hydroxyl groups is 1. The summed E-state index contributed by atoms with van der Waals surface area (Å²) in [5.41, 5.74) is -1.59. The predicted molar refractivity (Wildman–Crippen MR) is 107 cm³/mol. The van der Waals surface area contributed by atoms with Gasteiger partial charge in [-0.2, -0.15) is 0 Å². The average Bonchev–Trinajstić information content (AvgIpc) is 2.68. The van der Waals surface area contributed by atoms with Gasteiger partial charge in [0.05, 0.1) is 30.0 Å². The maximum atomic E-state index is 14.5. The smallest absolute Gasteiger partial charge is 0.320 e. The molecule has 31 heavy (non-hydrogen) atoms. The van der Waals surface area contributed by atoms with E-state index in [2.05, 4.69) is 10.6 Å². The van der Waals surface area contributed by atoms with Gasteiger partial charge in [-0.15, -0.1) is 0 Å². The largest absolute Gasteiger partial charge is 0.480 e. The van der Waals surface area contributed by atoms with Crippen molar-refractivity contribution in [3.8, 4) is 0 Å². The standard InChI is InChI=1S/C21H22F3N3O4/c1-11-3-6-16(15(23)7-11)26-18-13(4-5-14(22)17(18)24)19(28)27-9-21(31,10-27)8-25-12(2)20(29)30/h3-7,12,25-26,31H,8-10H2,1-2H3,(H,29,30). The third kappa shape index (κ3) is 4.80. The summed E-state index contributed by atoms with van der Waals surface area (Å²) in [4.78, 5) is 24.9. The molecule has 0 saturated carbocycles. The highest BCUT2D eigenvalue weighted by molar-refractivity contribution is 6.01. The van der Waals surface area contributed by atoms with Gasteiger partial charge in [-0.1, -0.05) is 6.07 Å². The Morgan fingerprint density at radius 3 is 2.45 bits per heavy atom. The lowest BCUT2D eigenvalue weighted by atomic mass is 9.92. The molecule has 1 unspecified atom stereocenters. The van der Waals surface area contributed by atoms with E-state index in [4.69, 9.17) is 5.11 Å². The van der Waals surface area contributed by atoms with E-state index < -0.39 is 46.7 Å². The van der Waals surface area contributed by atoms with Crippen LogP contribution in [0.1, 0.15) is 22.8 Å². The summed E-state index contributed by atoms with van der Waals surface area (Å²) in [6.07, 6.45) is 0. The van der Waals surface area contributed by atoms with Crippen molar-refractivity contribution in [3.63, 3.8) is 0 Å². The molecule has 7 nitrogen and oxygen atoms in total. The minimum absolute atomic E-state index is 0.0677. The number of hydrogen-bond donors (Lipinski definition) is 4. The number of aliphatic carboxylic acids is 1. The van der Waals surface area contributed by atoms with E-state index >= 15 is 0 Å². The van der Waals surface area contributed by atoms with Gasteiger partial charge in [0.15, 0.2) is 11.6 Å². The topological polar surface area (TPSA) is 102 Å². The molecule has 2 aromatic carbocycles. The molecule has 1 aliphatic rings. The summed E-state index contributed by atoms with van der Waals surface area (Å²) >= 11 is 0. The van der Waals surface area contributed by atoms with Crippen LogP contribution in [0.25, 0.3) is 0 Å². The molecular weight excluding hydrogens is 415 g/mol. The van der Waals surface area contributed by atoms with Crippen LogP contribution in [-0.2, 0) is 4.79 Å². The molecule has 0 bridgehead atoms. The van der Waals surface area contributed by atoms with Crippen molar-refractivity contribution in [2.75, 3.05) is 25.0 Å². The van der Waals surface area contributed by atoms with Crippen LogP contribution in [0.15, 0.2) is 30.3 Å². The molecule has 1 amide bonds. The molecular formula is C21H22F3N3O4. The van der Waals surface area contributed by atoms with Crippen molar-refractivity contribution in [1.29, 1.82) is 0 Å². The lowest BCUT2D eigenvalue weighted by Gasteiger charge is -2.47. The third-order valence-corrected chi connectivity index (χ3v) is 5.07. The molecule has 10 heteroatoms. The van der Waals surface area contributed by atoms with Crippen LogP contribution in [0.5, 0.6) is 0 Å². The number of halogens is 3. The molecule has 0 radical (unpaired) electrons. The highest BCUT2D eigenvalue weighted by Gasteiger charge is 2.44. The summed E-state index contributed by atoms with van der Waals surface area (Å²) in [6.45, 7) is 2.74. The fraction of sp³-hybridized carbons (Fsp3) is 0.333. The number of nitrogens with zero attached hydrogens (tertiary/aromatic N) is 1. The number of aryl methyl sites for hydroxylation is 1. The molecule has 166 valence electrons. The maximum Gasteiger partial charge on any atom is 0.320 e. The SMILES string of the molecule is Cc1ccc(Nc2c(C(=O)N3CC(O)(CNC(C)C(=O)O)C3)ccc(F)c2F)c(F)c1. The minimum Gasteiger partial charge on any atom is -0.480 e. The van der Waals surface area contributed by atoms with Crippen LogP contribution in [-0.4, -0.2) is 58.3 Å². The number of carboxylic acids is 1. The molecule has 1 heterocycles. The van der Waals surface area contributed by atoms with Crippen molar-refractivity contribution in [1.82, 2.24) is 10.2 Å². The molecule has 0 aromatic heterocycles. The van der Waals surface area contributed by atoms with Gasteiger partial charge in [0, 0.05) is 6.54 Å². The van der Waals surface area contributed by atoms with E-state index in [0.29, 0.717) is 5.56 Å². The second-order valence-electron chi connectivity index (χ2n) is 7.72. The Morgan fingerprint density at radius 2 is 1.84 bits per heavy atom. The number of carboxylic acid groups (broad SMARTS) is 1. The van der Waals surface area contributed by atoms with Gasteiger partial charge in [0.1, 0.15) is 17.5 Å². The quantitative estimate of drug-likeness (QED) is 0.531.